The number of amides is 1. The molecule has 2 saturated heterocycles. The fourth-order valence-corrected chi connectivity index (χ4v) is 4.91. The highest BCUT2D eigenvalue weighted by atomic mass is 32.2. The minimum absolute atomic E-state index is 0.0275. The molecule has 8 nitrogen and oxygen atoms in total. The highest BCUT2D eigenvalue weighted by molar-refractivity contribution is 7.89. The molecule has 0 spiro atoms. The van der Waals surface area contributed by atoms with Crippen molar-refractivity contribution in [3.8, 4) is 0 Å². The van der Waals surface area contributed by atoms with Crippen LogP contribution < -0.4 is 10.6 Å². The Morgan fingerprint density at radius 2 is 2.25 bits per heavy atom. The van der Waals surface area contributed by atoms with Gasteiger partial charge in [0.2, 0.25) is 15.9 Å². The number of aryl methyl sites for hydroxylation is 1. The maximum atomic E-state index is 12.7. The second-order valence-corrected chi connectivity index (χ2v) is 8.55. The van der Waals surface area contributed by atoms with E-state index in [9.17, 15) is 13.2 Å². The van der Waals surface area contributed by atoms with Gasteiger partial charge in [-0.2, -0.15) is 9.40 Å². The van der Waals surface area contributed by atoms with E-state index in [0.29, 0.717) is 19.6 Å². The average molecular weight is 355 g/mol. The summed E-state index contributed by atoms with van der Waals surface area (Å²) < 4.78 is 28.3. The van der Waals surface area contributed by atoms with Gasteiger partial charge in [-0.15, -0.1) is 0 Å². The molecule has 0 radical (unpaired) electrons. The zero-order valence-corrected chi connectivity index (χ0v) is 14.8. The molecule has 0 saturated carbocycles. The summed E-state index contributed by atoms with van der Waals surface area (Å²) in [7, 11) is -1.80. The Hall–Kier alpha value is -1.45. The first-order valence-corrected chi connectivity index (χ1v) is 9.91. The molecular formula is C15H25N5O3S. The third-order valence-electron chi connectivity index (χ3n) is 4.74. The summed E-state index contributed by atoms with van der Waals surface area (Å²) in [6, 6.07) is -0.0937. The van der Waals surface area contributed by atoms with Crippen LogP contribution in [-0.4, -0.2) is 60.6 Å². The van der Waals surface area contributed by atoms with Crippen molar-refractivity contribution in [2.24, 2.45) is 13.0 Å². The van der Waals surface area contributed by atoms with Crippen LogP contribution in [0, 0.1) is 5.92 Å². The molecule has 2 unspecified atom stereocenters. The normalized spacial score (nSPS) is 25.7. The molecule has 3 heterocycles. The molecule has 2 fully saturated rings. The number of aromatic nitrogens is 2. The third kappa shape index (κ3) is 3.79. The smallest absolute Gasteiger partial charge is 0.246 e. The molecule has 0 aromatic carbocycles. The number of sulfonamides is 1. The van der Waals surface area contributed by atoms with Crippen molar-refractivity contribution in [3.63, 3.8) is 0 Å². The quantitative estimate of drug-likeness (QED) is 0.755. The van der Waals surface area contributed by atoms with E-state index < -0.39 is 10.0 Å². The summed E-state index contributed by atoms with van der Waals surface area (Å²) in [5, 5.41) is 10.1. The predicted octanol–water partition coefficient (Wildman–Crippen LogP) is -0.311. The minimum atomic E-state index is -3.50. The number of rotatable bonds is 5. The number of nitrogens with zero attached hydrogens (tertiary/aromatic N) is 3. The standard InChI is InChI=1S/C15H25N5O3S/c1-19-11-13(9-18-19)24(22,23)20-7-3-4-12(10-20)8-17-15(21)14-5-2-6-16-14/h9,11-12,14,16H,2-8,10H2,1H3,(H,17,21). The summed E-state index contributed by atoms with van der Waals surface area (Å²) in [5.74, 6) is 0.176. The Balaban J connectivity index is 1.57. The van der Waals surface area contributed by atoms with Crippen LogP contribution in [-0.2, 0) is 21.9 Å². The van der Waals surface area contributed by atoms with Crippen LogP contribution in [0.15, 0.2) is 17.3 Å². The third-order valence-corrected chi connectivity index (χ3v) is 6.56. The van der Waals surface area contributed by atoms with Crippen molar-refractivity contribution in [2.75, 3.05) is 26.2 Å². The number of carbonyl (C=O) groups is 1. The van der Waals surface area contributed by atoms with E-state index in [1.54, 1.807) is 7.05 Å². The number of hydrogen-bond donors (Lipinski definition) is 2. The van der Waals surface area contributed by atoms with Crippen molar-refractivity contribution < 1.29 is 13.2 Å². The Morgan fingerprint density at radius 1 is 1.42 bits per heavy atom. The summed E-state index contributed by atoms with van der Waals surface area (Å²) >= 11 is 0. The second kappa shape index (κ2) is 7.20. The van der Waals surface area contributed by atoms with Gasteiger partial charge in [-0.25, -0.2) is 8.42 Å². The van der Waals surface area contributed by atoms with Gasteiger partial charge >= 0.3 is 0 Å². The number of carbonyl (C=O) groups excluding carboxylic acids is 1. The van der Waals surface area contributed by atoms with Gasteiger partial charge < -0.3 is 10.6 Å². The van der Waals surface area contributed by atoms with Gasteiger partial charge in [-0.1, -0.05) is 0 Å². The highest BCUT2D eigenvalue weighted by Gasteiger charge is 2.31. The molecule has 1 aromatic heterocycles. The van der Waals surface area contributed by atoms with Crippen LogP contribution >= 0.6 is 0 Å². The Morgan fingerprint density at radius 3 is 2.92 bits per heavy atom. The predicted molar refractivity (Wildman–Crippen MR) is 88.7 cm³/mol. The monoisotopic (exact) mass is 355 g/mol. The maximum absolute atomic E-state index is 12.7. The first-order valence-electron chi connectivity index (χ1n) is 8.47. The van der Waals surface area contributed by atoms with Gasteiger partial charge in [0.25, 0.3) is 0 Å². The van der Waals surface area contributed by atoms with Crippen LogP contribution in [0.4, 0.5) is 0 Å². The van der Waals surface area contributed by atoms with Crippen LogP contribution in [0.1, 0.15) is 25.7 Å². The zero-order chi connectivity index (χ0) is 17.2. The van der Waals surface area contributed by atoms with Crippen molar-refractivity contribution >= 4 is 15.9 Å². The molecule has 2 aliphatic rings. The Bertz CT molecular complexity index is 681. The van der Waals surface area contributed by atoms with E-state index in [1.165, 1.54) is 21.4 Å². The molecule has 2 aliphatic heterocycles. The molecule has 9 heteroatoms. The molecule has 134 valence electrons. The lowest BCUT2D eigenvalue weighted by Gasteiger charge is -2.31. The first-order chi connectivity index (χ1) is 11.5. The fraction of sp³-hybridized carbons (Fsp3) is 0.733. The Kier molecular flexibility index (Phi) is 5.21. The van der Waals surface area contributed by atoms with Gasteiger partial charge in [-0.3, -0.25) is 9.48 Å². The lowest BCUT2D eigenvalue weighted by Crippen LogP contribution is -2.46. The summed E-state index contributed by atoms with van der Waals surface area (Å²) in [4.78, 5) is 12.3. The van der Waals surface area contributed by atoms with E-state index in [0.717, 1.165) is 32.2 Å². The van der Waals surface area contributed by atoms with Gasteiger partial charge in [0.05, 0.1) is 12.2 Å². The van der Waals surface area contributed by atoms with Crippen molar-refractivity contribution in [1.82, 2.24) is 24.7 Å². The minimum Gasteiger partial charge on any atom is -0.354 e. The van der Waals surface area contributed by atoms with E-state index in [1.807, 2.05) is 0 Å². The lowest BCUT2D eigenvalue weighted by molar-refractivity contribution is -0.123. The van der Waals surface area contributed by atoms with Crippen molar-refractivity contribution in [3.05, 3.63) is 12.4 Å². The molecule has 0 bridgehead atoms. The molecule has 2 atom stereocenters. The zero-order valence-electron chi connectivity index (χ0n) is 13.9. The molecule has 0 aliphatic carbocycles. The topological polar surface area (TPSA) is 96.3 Å². The summed E-state index contributed by atoms with van der Waals surface area (Å²) in [6.07, 6.45) is 6.54. The number of hydrogen-bond acceptors (Lipinski definition) is 5. The van der Waals surface area contributed by atoms with Gasteiger partial charge in [0.1, 0.15) is 4.90 Å². The van der Waals surface area contributed by atoms with Crippen LogP contribution in [0.3, 0.4) is 0 Å². The van der Waals surface area contributed by atoms with Crippen LogP contribution in [0.2, 0.25) is 0 Å². The lowest BCUT2D eigenvalue weighted by atomic mass is 9.99. The van der Waals surface area contributed by atoms with Gasteiger partial charge in [0, 0.05) is 32.9 Å². The second-order valence-electron chi connectivity index (χ2n) is 6.62. The SMILES string of the molecule is Cn1cc(S(=O)(=O)N2CCCC(CNC(=O)C3CCCN3)C2)cn1. The van der Waals surface area contributed by atoms with Crippen molar-refractivity contribution in [1.29, 1.82) is 0 Å². The molecule has 24 heavy (non-hydrogen) atoms. The number of nitrogens with one attached hydrogen (secondary N) is 2. The van der Waals surface area contributed by atoms with Gasteiger partial charge in [-0.05, 0) is 38.1 Å². The Labute approximate surface area is 142 Å². The number of piperidine rings is 1. The molecule has 3 rings (SSSR count). The molecule has 2 N–H and O–H groups in total. The van der Waals surface area contributed by atoms with Crippen LogP contribution in [0.5, 0.6) is 0 Å². The average Bonchev–Trinajstić information content (AvgIpc) is 3.24. The van der Waals surface area contributed by atoms with E-state index in [-0.39, 0.29) is 22.8 Å². The first kappa shape index (κ1) is 17.4. The molecule has 1 aromatic rings. The summed E-state index contributed by atoms with van der Waals surface area (Å²) in [6.45, 7) is 2.37. The maximum Gasteiger partial charge on any atom is 0.246 e. The largest absolute Gasteiger partial charge is 0.354 e. The van der Waals surface area contributed by atoms with Crippen LogP contribution in [0.25, 0.3) is 0 Å². The summed E-state index contributed by atoms with van der Waals surface area (Å²) in [5.41, 5.74) is 0. The molecule has 1 amide bonds. The van der Waals surface area contributed by atoms with E-state index in [2.05, 4.69) is 15.7 Å². The van der Waals surface area contributed by atoms with Crippen molar-refractivity contribution in [2.45, 2.75) is 36.6 Å². The van der Waals surface area contributed by atoms with Gasteiger partial charge in [0.15, 0.2) is 0 Å². The molecular weight excluding hydrogens is 330 g/mol. The van der Waals surface area contributed by atoms with E-state index in [4.69, 9.17) is 0 Å². The highest BCUT2D eigenvalue weighted by Crippen LogP contribution is 2.23. The fourth-order valence-electron chi connectivity index (χ4n) is 3.37. The van der Waals surface area contributed by atoms with E-state index >= 15 is 0 Å².